The molecule has 8 heteroatoms. The van der Waals surface area contributed by atoms with Crippen LogP contribution in [-0.4, -0.2) is 31.1 Å². The van der Waals surface area contributed by atoms with E-state index in [9.17, 15) is 22.4 Å². The molecule has 1 aliphatic rings. The minimum absolute atomic E-state index is 0.279. The van der Waals surface area contributed by atoms with E-state index >= 15 is 0 Å². The predicted molar refractivity (Wildman–Crippen MR) is 93.1 cm³/mol. The maximum Gasteiger partial charge on any atom is 0.268 e. The summed E-state index contributed by atoms with van der Waals surface area (Å²) >= 11 is 0. The zero-order valence-corrected chi connectivity index (χ0v) is 14.8. The molecule has 1 N–H and O–H groups in total. The Labute approximate surface area is 150 Å². The lowest BCUT2D eigenvalue weighted by molar-refractivity contribution is -0.121. The molecule has 0 aliphatic carbocycles. The number of amides is 2. The van der Waals surface area contributed by atoms with Crippen LogP contribution in [0.4, 0.5) is 4.39 Å². The van der Waals surface area contributed by atoms with Crippen molar-refractivity contribution in [3.63, 3.8) is 0 Å². The van der Waals surface area contributed by atoms with Gasteiger partial charge >= 0.3 is 0 Å². The van der Waals surface area contributed by atoms with Crippen molar-refractivity contribution in [1.82, 2.24) is 9.62 Å². The summed E-state index contributed by atoms with van der Waals surface area (Å²) in [5.74, 6) is -2.04. The molecule has 2 aromatic carbocycles. The Morgan fingerprint density at radius 2 is 1.85 bits per heavy atom. The molecular formula is C18H17FN2O4S. The van der Waals surface area contributed by atoms with Crippen LogP contribution in [0.5, 0.6) is 0 Å². The molecule has 2 amide bonds. The molecule has 1 atom stereocenters. The van der Waals surface area contributed by atoms with Crippen molar-refractivity contribution in [2.45, 2.75) is 18.7 Å². The van der Waals surface area contributed by atoms with E-state index < -0.39 is 40.2 Å². The molecule has 0 radical (unpaired) electrons. The number of carbonyl (C=O) groups excluding carboxylic acids is 2. The fraction of sp³-hybridized carbons (Fsp3) is 0.222. The van der Waals surface area contributed by atoms with E-state index in [4.69, 9.17) is 0 Å². The summed E-state index contributed by atoms with van der Waals surface area (Å²) in [6.45, 7) is 1.09. The molecule has 0 saturated heterocycles. The van der Waals surface area contributed by atoms with Gasteiger partial charge in [-0.1, -0.05) is 30.3 Å². The summed E-state index contributed by atoms with van der Waals surface area (Å²) in [6.07, 6.45) is 0. The summed E-state index contributed by atoms with van der Waals surface area (Å²) in [4.78, 5) is 24.7. The normalized spacial score (nSPS) is 16.7. The monoisotopic (exact) mass is 376 g/mol. The number of fused-ring (bicyclic) bond motifs is 1. The maximum absolute atomic E-state index is 13.0. The van der Waals surface area contributed by atoms with Gasteiger partial charge in [-0.05, 0) is 36.2 Å². The van der Waals surface area contributed by atoms with E-state index in [2.05, 4.69) is 5.32 Å². The molecule has 0 aromatic heterocycles. The smallest absolute Gasteiger partial charge is 0.268 e. The van der Waals surface area contributed by atoms with Gasteiger partial charge in [0.15, 0.2) is 0 Å². The molecule has 0 saturated carbocycles. The van der Waals surface area contributed by atoms with E-state index in [0.29, 0.717) is 15.4 Å². The van der Waals surface area contributed by atoms with Gasteiger partial charge in [0.25, 0.3) is 5.91 Å². The van der Waals surface area contributed by atoms with Crippen LogP contribution in [0.3, 0.4) is 0 Å². The Morgan fingerprint density at radius 1 is 1.19 bits per heavy atom. The molecule has 136 valence electrons. The van der Waals surface area contributed by atoms with Gasteiger partial charge in [0.2, 0.25) is 15.9 Å². The van der Waals surface area contributed by atoms with Crippen molar-refractivity contribution in [2.75, 3.05) is 6.54 Å². The number of benzene rings is 2. The Hall–Kier alpha value is -2.74. The highest BCUT2D eigenvalue weighted by atomic mass is 32.2. The van der Waals surface area contributed by atoms with Gasteiger partial charge in [-0.2, -0.15) is 0 Å². The first-order valence-corrected chi connectivity index (χ1v) is 9.56. The molecule has 26 heavy (non-hydrogen) atoms. The van der Waals surface area contributed by atoms with Gasteiger partial charge in [0.05, 0.1) is 11.8 Å². The minimum atomic E-state index is -3.91. The van der Waals surface area contributed by atoms with Crippen LogP contribution in [-0.2, 0) is 20.6 Å². The number of nitrogens with one attached hydrogen (secondary N) is 1. The van der Waals surface area contributed by atoms with Gasteiger partial charge < -0.3 is 5.32 Å². The standard InChI is InChI=1S/C18H17FN2O4S/c1-12(13-6-8-15(19)9-7-13)20-17(22)10-21-18(23)16-5-3-2-4-14(16)11-26(21,24)25/h2-9,12H,10-11H2,1H3,(H,20,22). The number of rotatable bonds is 4. The topological polar surface area (TPSA) is 83.6 Å². The van der Waals surface area contributed by atoms with Gasteiger partial charge in [-0.25, -0.2) is 17.1 Å². The zero-order chi connectivity index (χ0) is 18.9. The Kier molecular flexibility index (Phi) is 4.78. The number of hydrogen-bond acceptors (Lipinski definition) is 4. The van der Waals surface area contributed by atoms with Gasteiger partial charge in [-0.15, -0.1) is 0 Å². The first-order chi connectivity index (χ1) is 12.3. The molecule has 1 aliphatic heterocycles. The average Bonchev–Trinajstić information content (AvgIpc) is 2.59. The second-order valence-electron chi connectivity index (χ2n) is 6.07. The minimum Gasteiger partial charge on any atom is -0.348 e. The van der Waals surface area contributed by atoms with Crippen LogP contribution in [0.2, 0.25) is 0 Å². The highest BCUT2D eigenvalue weighted by Crippen LogP contribution is 2.24. The fourth-order valence-electron chi connectivity index (χ4n) is 2.81. The largest absolute Gasteiger partial charge is 0.348 e. The third-order valence-corrected chi connectivity index (χ3v) is 5.82. The Balaban J connectivity index is 1.74. The number of halogens is 1. The molecule has 1 unspecified atom stereocenters. The highest BCUT2D eigenvalue weighted by molar-refractivity contribution is 7.89. The number of hydrogen-bond donors (Lipinski definition) is 1. The predicted octanol–water partition coefficient (Wildman–Crippen LogP) is 1.99. The van der Waals surface area contributed by atoms with E-state index in [1.165, 1.54) is 24.3 Å². The molecule has 3 rings (SSSR count). The van der Waals surface area contributed by atoms with E-state index in [0.717, 1.165) is 0 Å². The lowest BCUT2D eigenvalue weighted by atomic mass is 10.1. The molecule has 0 spiro atoms. The fourth-order valence-corrected chi connectivity index (χ4v) is 4.28. The molecule has 0 bridgehead atoms. The second-order valence-corrected chi connectivity index (χ2v) is 7.96. The van der Waals surface area contributed by atoms with Crippen LogP contribution in [0.25, 0.3) is 0 Å². The lowest BCUT2D eigenvalue weighted by Gasteiger charge is -2.28. The van der Waals surface area contributed by atoms with Gasteiger partial charge in [0, 0.05) is 5.56 Å². The molecule has 0 fully saturated rings. The SMILES string of the molecule is CC(NC(=O)CN1C(=O)c2ccccc2CS1(=O)=O)c1ccc(F)cc1. The quantitative estimate of drug-likeness (QED) is 0.885. The summed E-state index contributed by atoms with van der Waals surface area (Å²) in [7, 11) is -3.91. The molecular weight excluding hydrogens is 359 g/mol. The first kappa shape index (κ1) is 18.1. The Bertz CT molecular complexity index is 957. The van der Waals surface area contributed by atoms with Crippen molar-refractivity contribution in [2.24, 2.45) is 0 Å². The summed E-state index contributed by atoms with van der Waals surface area (Å²) in [5, 5.41) is 2.63. The highest BCUT2D eigenvalue weighted by Gasteiger charge is 2.36. The average molecular weight is 376 g/mol. The van der Waals surface area contributed by atoms with Gasteiger partial charge in [-0.3, -0.25) is 9.59 Å². The third-order valence-electron chi connectivity index (χ3n) is 4.18. The molecule has 2 aromatic rings. The van der Waals surface area contributed by atoms with Crippen molar-refractivity contribution < 1.29 is 22.4 Å². The van der Waals surface area contributed by atoms with Crippen LogP contribution in [0.1, 0.15) is 34.5 Å². The van der Waals surface area contributed by atoms with Crippen LogP contribution in [0.15, 0.2) is 48.5 Å². The summed E-state index contributed by atoms with van der Waals surface area (Å²) in [6, 6.07) is 11.6. The van der Waals surface area contributed by atoms with E-state index in [1.54, 1.807) is 31.2 Å². The van der Waals surface area contributed by atoms with Gasteiger partial charge in [0.1, 0.15) is 12.4 Å². The summed E-state index contributed by atoms with van der Waals surface area (Å²) < 4.78 is 38.3. The molecule has 6 nitrogen and oxygen atoms in total. The second kappa shape index (κ2) is 6.87. The first-order valence-electron chi connectivity index (χ1n) is 7.95. The number of nitrogens with zero attached hydrogens (tertiary/aromatic N) is 1. The molecule has 1 heterocycles. The van der Waals surface area contributed by atoms with Crippen LogP contribution >= 0.6 is 0 Å². The maximum atomic E-state index is 13.0. The van der Waals surface area contributed by atoms with E-state index in [-0.39, 0.29) is 11.3 Å². The zero-order valence-electron chi connectivity index (χ0n) is 14.0. The van der Waals surface area contributed by atoms with Crippen LogP contribution < -0.4 is 5.32 Å². The number of sulfonamides is 1. The van der Waals surface area contributed by atoms with Crippen molar-refractivity contribution in [1.29, 1.82) is 0 Å². The third kappa shape index (κ3) is 3.60. The lowest BCUT2D eigenvalue weighted by Crippen LogP contribution is -2.47. The Morgan fingerprint density at radius 3 is 2.54 bits per heavy atom. The van der Waals surface area contributed by atoms with Crippen LogP contribution in [0, 0.1) is 5.82 Å². The van der Waals surface area contributed by atoms with Crippen molar-refractivity contribution in [3.05, 3.63) is 71.0 Å². The van der Waals surface area contributed by atoms with Crippen molar-refractivity contribution in [3.8, 4) is 0 Å². The van der Waals surface area contributed by atoms with E-state index in [1.807, 2.05) is 0 Å². The van der Waals surface area contributed by atoms with Crippen molar-refractivity contribution >= 4 is 21.8 Å². The number of carbonyl (C=O) groups is 2. The summed E-state index contributed by atoms with van der Waals surface area (Å²) in [5.41, 5.74) is 1.37.